The third-order valence-electron chi connectivity index (χ3n) is 4.81. The number of likely N-dealkylation sites (N-methyl/N-ethyl adjacent to an activating group) is 1. The smallest absolute Gasteiger partial charge is 0.267 e. The second-order valence-electron chi connectivity index (χ2n) is 6.54. The highest BCUT2D eigenvalue weighted by atomic mass is 32.1. The van der Waals surface area contributed by atoms with Gasteiger partial charge in [0.25, 0.3) is 5.91 Å². The average Bonchev–Trinajstić information content (AvgIpc) is 3.33. The first-order chi connectivity index (χ1) is 14.0. The fourth-order valence-corrected chi connectivity index (χ4v) is 4.13. The molecule has 156 valence electrons. The molecule has 0 aliphatic rings. The first-order valence-electron chi connectivity index (χ1n) is 9.57. The van der Waals surface area contributed by atoms with Crippen molar-refractivity contribution in [1.29, 1.82) is 0 Å². The van der Waals surface area contributed by atoms with Crippen LogP contribution in [0.5, 0.6) is 11.6 Å². The second-order valence-corrected chi connectivity index (χ2v) is 7.55. The van der Waals surface area contributed by atoms with Gasteiger partial charge in [-0.25, -0.2) is 4.98 Å². The number of ether oxygens (including phenoxy) is 2. The Bertz CT molecular complexity index is 980. The zero-order chi connectivity index (χ0) is 21.0. The van der Waals surface area contributed by atoms with Crippen LogP contribution in [0.2, 0.25) is 0 Å². The quantitative estimate of drug-likeness (QED) is 0.533. The summed E-state index contributed by atoms with van der Waals surface area (Å²) in [6.45, 7) is 7.35. The van der Waals surface area contributed by atoms with Crippen molar-refractivity contribution in [3.8, 4) is 11.6 Å². The lowest BCUT2D eigenvalue weighted by Crippen LogP contribution is -2.38. The van der Waals surface area contributed by atoms with Crippen LogP contribution in [0.3, 0.4) is 0 Å². The molecule has 0 aliphatic carbocycles. The van der Waals surface area contributed by atoms with Crippen LogP contribution >= 0.6 is 11.3 Å². The van der Waals surface area contributed by atoms with Crippen LogP contribution in [0.1, 0.15) is 24.2 Å². The van der Waals surface area contributed by atoms with E-state index in [0.717, 1.165) is 35.6 Å². The molecule has 0 atom stereocenters. The summed E-state index contributed by atoms with van der Waals surface area (Å²) in [5.74, 6) is 0.906. The number of aryl methyl sites for hydroxylation is 1. The summed E-state index contributed by atoms with van der Waals surface area (Å²) in [5.41, 5.74) is 1.26. The normalized spacial score (nSPS) is 11.2. The van der Waals surface area contributed by atoms with Gasteiger partial charge in [-0.15, -0.1) is 5.10 Å². The molecule has 0 spiro atoms. The highest BCUT2D eigenvalue weighted by Gasteiger charge is 2.26. The zero-order valence-corrected chi connectivity index (χ0v) is 18.3. The Balaban J connectivity index is 1.99. The summed E-state index contributed by atoms with van der Waals surface area (Å²) in [5, 5.41) is 4.87. The predicted octanol–water partition coefficient (Wildman–Crippen LogP) is 3.04. The number of fused-ring (bicyclic) bond motifs is 1. The van der Waals surface area contributed by atoms with E-state index >= 15 is 0 Å². The summed E-state index contributed by atoms with van der Waals surface area (Å²) < 4.78 is 13.2. The van der Waals surface area contributed by atoms with Gasteiger partial charge in [-0.1, -0.05) is 25.2 Å². The molecule has 29 heavy (non-hydrogen) atoms. The monoisotopic (exact) mass is 417 g/mol. The van der Waals surface area contributed by atoms with Crippen LogP contribution in [-0.4, -0.2) is 66.0 Å². The molecule has 0 N–H and O–H groups in total. The van der Waals surface area contributed by atoms with E-state index in [-0.39, 0.29) is 5.91 Å². The molecule has 8 nitrogen and oxygen atoms in total. The second kappa shape index (κ2) is 9.23. The number of amides is 1. The highest BCUT2D eigenvalue weighted by Crippen LogP contribution is 2.32. The van der Waals surface area contributed by atoms with Crippen LogP contribution in [-0.2, 0) is 7.05 Å². The van der Waals surface area contributed by atoms with Gasteiger partial charge in [-0.2, -0.15) is 0 Å². The van der Waals surface area contributed by atoms with Gasteiger partial charge in [0.05, 0.1) is 24.4 Å². The van der Waals surface area contributed by atoms with E-state index in [1.807, 2.05) is 18.2 Å². The number of nitrogens with zero attached hydrogens (tertiary/aromatic N) is 5. The Labute approximate surface area is 174 Å². The lowest BCUT2D eigenvalue weighted by Gasteiger charge is -2.24. The van der Waals surface area contributed by atoms with Gasteiger partial charge in [0.15, 0.2) is 5.13 Å². The minimum absolute atomic E-state index is 0.173. The van der Waals surface area contributed by atoms with Crippen molar-refractivity contribution >= 4 is 32.6 Å². The Hall–Kier alpha value is -2.65. The van der Waals surface area contributed by atoms with Gasteiger partial charge in [0.1, 0.15) is 11.3 Å². The molecule has 0 saturated carbocycles. The van der Waals surface area contributed by atoms with Gasteiger partial charge in [0, 0.05) is 26.3 Å². The summed E-state index contributed by atoms with van der Waals surface area (Å²) in [4.78, 5) is 22.1. The van der Waals surface area contributed by atoms with Crippen LogP contribution < -0.4 is 14.4 Å². The summed E-state index contributed by atoms with van der Waals surface area (Å²) in [7, 11) is 4.92. The summed E-state index contributed by atoms with van der Waals surface area (Å²) in [6.07, 6.45) is 1.68. The maximum absolute atomic E-state index is 13.4. The Morgan fingerprint density at radius 2 is 1.93 bits per heavy atom. The molecule has 0 unspecified atom stereocenters. The van der Waals surface area contributed by atoms with E-state index in [1.165, 1.54) is 18.4 Å². The van der Waals surface area contributed by atoms with E-state index < -0.39 is 0 Å². The number of carbonyl (C=O) groups excluding carboxylic acids is 1. The molecule has 0 aliphatic heterocycles. The van der Waals surface area contributed by atoms with Crippen molar-refractivity contribution in [2.24, 2.45) is 7.05 Å². The fraction of sp³-hybridized carbons (Fsp3) is 0.450. The van der Waals surface area contributed by atoms with Gasteiger partial charge in [0.2, 0.25) is 5.88 Å². The van der Waals surface area contributed by atoms with E-state index in [0.29, 0.717) is 23.1 Å². The standard InChI is InChI=1S/C20H27N5O3S/c1-6-24(7-2)10-11-25(19(26)15-13-23(3)22-18(15)28-5)20-21-16-9-8-14(27-4)12-17(16)29-20/h8-9,12-13H,6-7,10-11H2,1-5H3. The topological polar surface area (TPSA) is 72.7 Å². The number of hydrogen-bond donors (Lipinski definition) is 0. The number of hydrogen-bond acceptors (Lipinski definition) is 7. The molecule has 0 radical (unpaired) electrons. The Kier molecular flexibility index (Phi) is 6.71. The molecule has 1 amide bonds. The van der Waals surface area contributed by atoms with Gasteiger partial charge in [-0.05, 0) is 31.3 Å². The fourth-order valence-electron chi connectivity index (χ4n) is 3.11. The minimum atomic E-state index is -0.173. The van der Waals surface area contributed by atoms with Crippen molar-refractivity contribution in [3.05, 3.63) is 30.0 Å². The molecule has 3 rings (SSSR count). The maximum atomic E-state index is 13.4. The minimum Gasteiger partial charge on any atom is -0.497 e. The predicted molar refractivity (Wildman–Crippen MR) is 115 cm³/mol. The zero-order valence-electron chi connectivity index (χ0n) is 17.5. The van der Waals surface area contributed by atoms with E-state index in [2.05, 4.69) is 23.8 Å². The highest BCUT2D eigenvalue weighted by molar-refractivity contribution is 7.22. The Morgan fingerprint density at radius 1 is 1.17 bits per heavy atom. The number of benzene rings is 1. The maximum Gasteiger partial charge on any atom is 0.267 e. The van der Waals surface area contributed by atoms with E-state index in [4.69, 9.17) is 14.5 Å². The third kappa shape index (κ3) is 4.51. The molecule has 2 heterocycles. The molecule has 3 aromatic rings. The van der Waals surface area contributed by atoms with Crippen LogP contribution in [0.15, 0.2) is 24.4 Å². The van der Waals surface area contributed by atoms with Crippen molar-refractivity contribution < 1.29 is 14.3 Å². The molecule has 0 saturated heterocycles. The van der Waals surface area contributed by atoms with Gasteiger partial charge >= 0.3 is 0 Å². The molecule has 0 bridgehead atoms. The number of rotatable bonds is 9. The van der Waals surface area contributed by atoms with Gasteiger partial charge in [-0.3, -0.25) is 14.4 Å². The van der Waals surface area contributed by atoms with Crippen LogP contribution in [0, 0.1) is 0 Å². The molecule has 9 heteroatoms. The van der Waals surface area contributed by atoms with Crippen molar-refractivity contribution in [1.82, 2.24) is 19.7 Å². The van der Waals surface area contributed by atoms with Gasteiger partial charge < -0.3 is 14.4 Å². The van der Waals surface area contributed by atoms with E-state index in [1.54, 1.807) is 29.9 Å². The molecule has 1 aromatic carbocycles. The number of anilines is 1. The van der Waals surface area contributed by atoms with Crippen LogP contribution in [0.4, 0.5) is 5.13 Å². The first kappa shape index (κ1) is 21.1. The first-order valence-corrected chi connectivity index (χ1v) is 10.4. The number of aromatic nitrogens is 3. The number of carbonyl (C=O) groups is 1. The lowest BCUT2D eigenvalue weighted by atomic mass is 10.3. The molecular weight excluding hydrogens is 390 g/mol. The van der Waals surface area contributed by atoms with E-state index in [9.17, 15) is 4.79 Å². The average molecular weight is 418 g/mol. The molecular formula is C20H27N5O3S. The van der Waals surface area contributed by atoms with Crippen molar-refractivity contribution in [2.45, 2.75) is 13.8 Å². The van der Waals surface area contributed by atoms with Crippen molar-refractivity contribution in [3.63, 3.8) is 0 Å². The Morgan fingerprint density at radius 3 is 2.59 bits per heavy atom. The SMILES string of the molecule is CCN(CC)CCN(C(=O)c1cn(C)nc1OC)c1nc2ccc(OC)cc2s1. The lowest BCUT2D eigenvalue weighted by molar-refractivity contribution is 0.0981. The molecule has 0 fully saturated rings. The third-order valence-corrected chi connectivity index (χ3v) is 5.85. The van der Waals surface area contributed by atoms with Crippen LogP contribution in [0.25, 0.3) is 10.2 Å². The molecule has 2 aromatic heterocycles. The summed E-state index contributed by atoms with van der Waals surface area (Å²) in [6, 6.07) is 5.72. The van der Waals surface area contributed by atoms with Crippen molar-refractivity contribution in [2.75, 3.05) is 45.3 Å². The summed E-state index contributed by atoms with van der Waals surface area (Å²) >= 11 is 1.47. The number of methoxy groups -OCH3 is 2. The number of thiazole rings is 1. The largest absolute Gasteiger partial charge is 0.497 e.